The minimum absolute atomic E-state index is 0.0488. The second-order valence-corrected chi connectivity index (χ2v) is 10.6. The predicted molar refractivity (Wildman–Crippen MR) is 146 cm³/mol. The monoisotopic (exact) mass is 539 g/mol. The van der Waals surface area contributed by atoms with Gasteiger partial charge in [-0.1, -0.05) is 68.2 Å². The number of carbonyl (C=O) groups excluding carboxylic acids is 2. The average molecular weight is 540 g/mol. The van der Waals surface area contributed by atoms with Gasteiger partial charge in [-0.15, -0.1) is 0 Å². The molecule has 0 spiro atoms. The van der Waals surface area contributed by atoms with Crippen LogP contribution in [-0.4, -0.2) is 28.5 Å². The van der Waals surface area contributed by atoms with Crippen LogP contribution in [-0.2, 0) is 15.0 Å². The number of benzene rings is 3. The molecule has 1 aliphatic rings. The summed E-state index contributed by atoms with van der Waals surface area (Å²) in [4.78, 5) is 28.0. The normalized spacial score (nSPS) is 17.4. The first kappa shape index (κ1) is 26.6. The topological polar surface area (TPSA) is 87.1 Å². The molecule has 1 atom stereocenters. The maximum Gasteiger partial charge on any atom is 0.300 e. The van der Waals surface area contributed by atoms with E-state index in [9.17, 15) is 19.8 Å². The summed E-state index contributed by atoms with van der Waals surface area (Å²) in [5.74, 6) is -2.07. The number of halogens is 2. The van der Waals surface area contributed by atoms with Crippen molar-refractivity contribution in [3.05, 3.63) is 93.0 Å². The Balaban J connectivity index is 1.98. The van der Waals surface area contributed by atoms with E-state index in [2.05, 4.69) is 20.8 Å². The number of ketones is 1. The van der Waals surface area contributed by atoms with Crippen LogP contribution >= 0.6 is 23.2 Å². The standard InChI is InChI=1S/C29H27Cl2NO5/c1-5-37-19-11-12-21(31)20(15-19)26(34)24-25(16-6-8-17(9-7-16)29(2,3)4)32(28(36)27(24)35)22-14-18(30)10-13-23(22)33/h6-15,25,33-34H,5H2,1-4H3/b26-24+. The first-order valence-electron chi connectivity index (χ1n) is 11.8. The molecule has 4 rings (SSSR count). The van der Waals surface area contributed by atoms with Crippen molar-refractivity contribution in [2.45, 2.75) is 39.2 Å². The number of hydrogen-bond acceptors (Lipinski definition) is 5. The van der Waals surface area contributed by atoms with Crippen molar-refractivity contribution < 1.29 is 24.5 Å². The Morgan fingerprint density at radius 2 is 1.68 bits per heavy atom. The molecule has 8 heteroatoms. The Labute approximate surface area is 225 Å². The molecule has 3 aromatic rings. The zero-order valence-corrected chi connectivity index (χ0v) is 22.4. The Hall–Kier alpha value is -3.48. The van der Waals surface area contributed by atoms with Crippen molar-refractivity contribution in [2.24, 2.45) is 0 Å². The summed E-state index contributed by atoms with van der Waals surface area (Å²) >= 11 is 12.6. The summed E-state index contributed by atoms with van der Waals surface area (Å²) < 4.78 is 5.54. The summed E-state index contributed by atoms with van der Waals surface area (Å²) in [6.45, 7) is 8.43. The molecule has 1 amide bonds. The fraction of sp³-hybridized carbons (Fsp3) is 0.241. The summed E-state index contributed by atoms with van der Waals surface area (Å²) in [5.41, 5.74) is 1.52. The van der Waals surface area contributed by atoms with Gasteiger partial charge in [-0.25, -0.2) is 0 Å². The summed E-state index contributed by atoms with van der Waals surface area (Å²) in [7, 11) is 0. The molecule has 1 aliphatic heterocycles. The number of rotatable bonds is 5. The zero-order chi connectivity index (χ0) is 27.1. The molecule has 6 nitrogen and oxygen atoms in total. The number of carbonyl (C=O) groups is 2. The van der Waals surface area contributed by atoms with Crippen molar-refractivity contribution in [2.75, 3.05) is 11.5 Å². The molecule has 3 aromatic carbocycles. The number of phenols is 1. The molecule has 0 aromatic heterocycles. The van der Waals surface area contributed by atoms with Gasteiger partial charge in [-0.3, -0.25) is 14.5 Å². The minimum Gasteiger partial charge on any atom is -0.507 e. The maximum absolute atomic E-state index is 13.4. The lowest BCUT2D eigenvalue weighted by Gasteiger charge is -2.27. The Kier molecular flexibility index (Phi) is 7.27. The van der Waals surface area contributed by atoms with E-state index in [-0.39, 0.29) is 38.0 Å². The first-order chi connectivity index (χ1) is 17.4. The summed E-state index contributed by atoms with van der Waals surface area (Å²) in [5, 5.41) is 22.5. The van der Waals surface area contributed by atoms with E-state index >= 15 is 0 Å². The van der Waals surface area contributed by atoms with Gasteiger partial charge in [0.15, 0.2) is 0 Å². The molecule has 1 saturated heterocycles. The van der Waals surface area contributed by atoms with Gasteiger partial charge in [0.25, 0.3) is 11.7 Å². The fourth-order valence-electron chi connectivity index (χ4n) is 4.34. The average Bonchev–Trinajstić information content (AvgIpc) is 3.11. The number of ether oxygens (including phenoxy) is 1. The molecule has 2 N–H and O–H groups in total. The second kappa shape index (κ2) is 10.1. The van der Waals surface area contributed by atoms with Crippen molar-refractivity contribution in [3.8, 4) is 11.5 Å². The number of hydrogen-bond donors (Lipinski definition) is 2. The molecule has 1 heterocycles. The summed E-state index contributed by atoms with van der Waals surface area (Å²) in [6.07, 6.45) is 0. The highest BCUT2D eigenvalue weighted by molar-refractivity contribution is 6.52. The van der Waals surface area contributed by atoms with E-state index in [1.807, 2.05) is 19.1 Å². The minimum atomic E-state index is -1.05. The van der Waals surface area contributed by atoms with Crippen molar-refractivity contribution in [3.63, 3.8) is 0 Å². The van der Waals surface area contributed by atoms with Gasteiger partial charge >= 0.3 is 0 Å². The molecule has 1 unspecified atom stereocenters. The number of Topliss-reactive ketones (excluding diaryl/α,β-unsaturated/α-hetero) is 1. The van der Waals surface area contributed by atoms with Gasteiger partial charge in [0, 0.05) is 10.6 Å². The quantitative estimate of drug-likeness (QED) is 0.206. The second-order valence-electron chi connectivity index (χ2n) is 9.75. The number of aromatic hydroxyl groups is 1. The van der Waals surface area contributed by atoms with Crippen LogP contribution in [0.25, 0.3) is 5.76 Å². The van der Waals surface area contributed by atoms with E-state index in [1.165, 1.54) is 24.3 Å². The number of amides is 1. The highest BCUT2D eigenvalue weighted by Gasteiger charge is 2.48. The van der Waals surface area contributed by atoms with E-state index in [0.29, 0.717) is 17.9 Å². The molecular weight excluding hydrogens is 513 g/mol. The lowest BCUT2D eigenvalue weighted by molar-refractivity contribution is -0.132. The van der Waals surface area contributed by atoms with Gasteiger partial charge in [0.05, 0.1) is 28.9 Å². The lowest BCUT2D eigenvalue weighted by Crippen LogP contribution is -2.29. The van der Waals surface area contributed by atoms with Gasteiger partial charge < -0.3 is 14.9 Å². The third kappa shape index (κ3) is 5.04. The van der Waals surface area contributed by atoms with Crippen molar-refractivity contribution >= 4 is 46.3 Å². The first-order valence-corrected chi connectivity index (χ1v) is 12.5. The van der Waals surface area contributed by atoms with Crippen LogP contribution in [0.2, 0.25) is 10.0 Å². The molecule has 37 heavy (non-hydrogen) atoms. The van der Waals surface area contributed by atoms with Crippen LogP contribution < -0.4 is 9.64 Å². The molecule has 192 valence electrons. The smallest absolute Gasteiger partial charge is 0.300 e. The van der Waals surface area contributed by atoms with Gasteiger partial charge in [0.2, 0.25) is 0 Å². The molecule has 0 bridgehead atoms. The van der Waals surface area contributed by atoms with Crippen LogP contribution in [0.15, 0.2) is 66.2 Å². The maximum atomic E-state index is 13.4. The van der Waals surface area contributed by atoms with Gasteiger partial charge in [-0.2, -0.15) is 0 Å². The van der Waals surface area contributed by atoms with Crippen molar-refractivity contribution in [1.29, 1.82) is 0 Å². The lowest BCUT2D eigenvalue weighted by atomic mass is 9.85. The van der Waals surface area contributed by atoms with Crippen LogP contribution in [0.1, 0.15) is 50.4 Å². The largest absolute Gasteiger partial charge is 0.507 e. The Morgan fingerprint density at radius 3 is 2.30 bits per heavy atom. The summed E-state index contributed by atoms with van der Waals surface area (Å²) in [6, 6.07) is 15.3. The predicted octanol–water partition coefficient (Wildman–Crippen LogP) is 7.02. The SMILES string of the molecule is CCOc1ccc(Cl)c(/C(O)=C2\C(=O)C(=O)N(c3cc(Cl)ccc3O)C2c2ccc(C(C)(C)C)cc2)c1. The molecular formula is C29H27Cl2NO5. The van der Waals surface area contributed by atoms with Crippen LogP contribution in [0.5, 0.6) is 11.5 Å². The molecule has 1 fully saturated rings. The highest BCUT2D eigenvalue weighted by atomic mass is 35.5. The number of nitrogens with zero attached hydrogens (tertiary/aromatic N) is 1. The van der Waals surface area contributed by atoms with Crippen LogP contribution in [0.3, 0.4) is 0 Å². The van der Waals surface area contributed by atoms with Crippen LogP contribution in [0, 0.1) is 0 Å². The van der Waals surface area contributed by atoms with Crippen molar-refractivity contribution in [1.82, 2.24) is 0 Å². The van der Waals surface area contributed by atoms with E-state index in [0.717, 1.165) is 10.5 Å². The van der Waals surface area contributed by atoms with E-state index < -0.39 is 23.5 Å². The fourth-order valence-corrected chi connectivity index (χ4v) is 4.71. The Morgan fingerprint density at radius 1 is 1.00 bits per heavy atom. The van der Waals surface area contributed by atoms with Crippen LogP contribution in [0.4, 0.5) is 5.69 Å². The van der Waals surface area contributed by atoms with Gasteiger partial charge in [0.1, 0.15) is 17.3 Å². The number of aliphatic hydroxyl groups excluding tert-OH is 1. The molecule has 0 saturated carbocycles. The van der Waals surface area contributed by atoms with E-state index in [1.54, 1.807) is 24.3 Å². The Bertz CT molecular complexity index is 1410. The third-order valence-electron chi connectivity index (χ3n) is 6.24. The zero-order valence-electron chi connectivity index (χ0n) is 20.9. The number of aliphatic hydroxyl groups is 1. The molecule has 0 aliphatic carbocycles. The van der Waals surface area contributed by atoms with Gasteiger partial charge in [-0.05, 0) is 59.9 Å². The highest BCUT2D eigenvalue weighted by Crippen LogP contribution is 2.46. The molecule has 0 radical (unpaired) electrons. The number of phenolic OH excluding ortho intramolecular Hbond substituents is 1. The third-order valence-corrected chi connectivity index (χ3v) is 6.80. The van der Waals surface area contributed by atoms with E-state index in [4.69, 9.17) is 27.9 Å². The number of anilines is 1.